The summed E-state index contributed by atoms with van der Waals surface area (Å²) in [5.74, 6) is 0.0142. The lowest BCUT2D eigenvalue weighted by molar-refractivity contribution is 0.0774. The summed E-state index contributed by atoms with van der Waals surface area (Å²) in [4.78, 5) is 32.0. The first-order valence-corrected chi connectivity index (χ1v) is 10.1. The van der Waals surface area contributed by atoms with Crippen molar-refractivity contribution in [3.05, 3.63) is 57.5 Å². The fourth-order valence-electron chi connectivity index (χ4n) is 3.89. The van der Waals surface area contributed by atoms with Gasteiger partial charge in [0.15, 0.2) is 0 Å². The third kappa shape index (κ3) is 4.53. The smallest absolute Gasteiger partial charge is 0.256 e. The molecular weight excluding hydrogens is 350 g/mol. The van der Waals surface area contributed by atoms with Crippen molar-refractivity contribution in [1.29, 1.82) is 0 Å². The molecule has 1 aromatic carbocycles. The van der Waals surface area contributed by atoms with Crippen LogP contribution < -0.4 is 5.56 Å². The van der Waals surface area contributed by atoms with Gasteiger partial charge in [-0.25, -0.2) is 0 Å². The second-order valence-electron chi connectivity index (χ2n) is 8.04. The van der Waals surface area contributed by atoms with Crippen LogP contribution in [0.2, 0.25) is 0 Å². The molecule has 1 saturated carbocycles. The van der Waals surface area contributed by atoms with E-state index < -0.39 is 0 Å². The highest BCUT2D eigenvalue weighted by atomic mass is 16.2. The largest absolute Gasteiger partial charge is 0.340 e. The lowest BCUT2D eigenvalue weighted by Gasteiger charge is -2.26. The highest BCUT2D eigenvalue weighted by Crippen LogP contribution is 2.22. The molecule has 1 N–H and O–H groups in total. The predicted octanol–water partition coefficient (Wildman–Crippen LogP) is 3.61. The number of rotatable bonds is 6. The molecule has 3 rings (SSSR count). The zero-order valence-corrected chi connectivity index (χ0v) is 17.4. The number of hydrogen-bond donors (Lipinski definition) is 1. The number of carbonyl (C=O) groups excluding carboxylic acids is 1. The van der Waals surface area contributed by atoms with Gasteiger partial charge in [-0.05, 0) is 63.1 Å². The Bertz CT molecular complexity index is 880. The molecule has 1 heterocycles. The summed E-state index contributed by atoms with van der Waals surface area (Å²) in [6.45, 7) is 5.47. The van der Waals surface area contributed by atoms with Crippen molar-refractivity contribution >= 4 is 5.91 Å². The number of aromatic nitrogens is 1. The predicted molar refractivity (Wildman–Crippen MR) is 114 cm³/mol. The van der Waals surface area contributed by atoms with Gasteiger partial charge in [0, 0.05) is 43.0 Å². The third-order valence-corrected chi connectivity index (χ3v) is 6.02. The maximum absolute atomic E-state index is 12.7. The molecule has 0 atom stereocenters. The van der Waals surface area contributed by atoms with Gasteiger partial charge in [-0.1, -0.05) is 25.0 Å². The highest BCUT2D eigenvalue weighted by molar-refractivity contribution is 5.94. The number of pyridine rings is 1. The van der Waals surface area contributed by atoms with Crippen LogP contribution in [0.3, 0.4) is 0 Å². The first kappa shape index (κ1) is 20.3. The number of amides is 1. The number of aryl methyl sites for hydroxylation is 2. The van der Waals surface area contributed by atoms with Gasteiger partial charge < -0.3 is 14.8 Å². The Morgan fingerprint density at radius 2 is 1.71 bits per heavy atom. The minimum atomic E-state index is -0.103. The van der Waals surface area contributed by atoms with E-state index in [1.165, 1.54) is 25.7 Å². The molecule has 1 aliphatic rings. The molecule has 5 heteroatoms. The van der Waals surface area contributed by atoms with E-state index in [-0.39, 0.29) is 11.5 Å². The molecule has 0 bridgehead atoms. The van der Waals surface area contributed by atoms with Gasteiger partial charge in [0.25, 0.3) is 11.5 Å². The van der Waals surface area contributed by atoms with Gasteiger partial charge in [0.1, 0.15) is 0 Å². The van der Waals surface area contributed by atoms with E-state index in [2.05, 4.69) is 16.9 Å². The van der Waals surface area contributed by atoms with Crippen LogP contribution in [0, 0.1) is 13.8 Å². The van der Waals surface area contributed by atoms with Crippen molar-refractivity contribution in [2.24, 2.45) is 0 Å². The first-order chi connectivity index (χ1) is 13.4. The number of hydrogen-bond acceptors (Lipinski definition) is 3. The standard InChI is InChI=1S/C23H31N3O2/c1-16-15-21(22(27)24-17(16)2)18-9-11-19(12-10-18)23(28)26(4)14-13-25(3)20-7-5-6-8-20/h9-12,15,20H,5-8,13-14H2,1-4H3,(H,24,27). The van der Waals surface area contributed by atoms with Crippen LogP contribution in [0.4, 0.5) is 0 Å². The number of benzene rings is 1. The summed E-state index contributed by atoms with van der Waals surface area (Å²) < 4.78 is 0. The molecule has 0 aliphatic heterocycles. The molecule has 28 heavy (non-hydrogen) atoms. The lowest BCUT2D eigenvalue weighted by Crippen LogP contribution is -2.38. The Kier molecular flexibility index (Phi) is 6.35. The second kappa shape index (κ2) is 8.74. The minimum absolute atomic E-state index is 0.0142. The molecule has 0 spiro atoms. The Hall–Kier alpha value is -2.40. The van der Waals surface area contributed by atoms with Crippen LogP contribution in [0.25, 0.3) is 11.1 Å². The molecule has 1 amide bonds. The number of nitrogens with one attached hydrogen (secondary N) is 1. The Morgan fingerprint density at radius 3 is 2.36 bits per heavy atom. The summed E-state index contributed by atoms with van der Waals surface area (Å²) in [5, 5.41) is 0. The Balaban J connectivity index is 1.64. The van der Waals surface area contributed by atoms with Gasteiger partial charge in [-0.2, -0.15) is 0 Å². The van der Waals surface area contributed by atoms with Crippen LogP contribution in [-0.2, 0) is 0 Å². The van der Waals surface area contributed by atoms with Crippen LogP contribution >= 0.6 is 0 Å². The maximum Gasteiger partial charge on any atom is 0.256 e. The number of nitrogens with zero attached hydrogens (tertiary/aromatic N) is 2. The van der Waals surface area contributed by atoms with Crippen LogP contribution in [0.15, 0.2) is 35.1 Å². The molecule has 1 aliphatic carbocycles. The van der Waals surface area contributed by atoms with Crippen molar-refractivity contribution in [1.82, 2.24) is 14.8 Å². The number of H-pyrrole nitrogens is 1. The average Bonchev–Trinajstić information content (AvgIpc) is 3.23. The number of carbonyl (C=O) groups is 1. The zero-order valence-electron chi connectivity index (χ0n) is 17.4. The monoisotopic (exact) mass is 381 g/mol. The van der Waals surface area contributed by atoms with Crippen molar-refractivity contribution < 1.29 is 4.79 Å². The highest BCUT2D eigenvalue weighted by Gasteiger charge is 2.20. The van der Waals surface area contributed by atoms with Crippen molar-refractivity contribution in [3.8, 4) is 11.1 Å². The van der Waals surface area contributed by atoms with Crippen LogP contribution in [0.1, 0.15) is 47.3 Å². The molecule has 150 valence electrons. The summed E-state index contributed by atoms with van der Waals surface area (Å²) in [6.07, 6.45) is 5.18. The van der Waals surface area contributed by atoms with Crippen molar-refractivity contribution in [2.75, 3.05) is 27.2 Å². The minimum Gasteiger partial charge on any atom is -0.340 e. The van der Waals surface area contributed by atoms with E-state index in [1.54, 1.807) is 4.90 Å². The SMILES string of the molecule is Cc1cc(-c2ccc(C(=O)N(C)CCN(C)C3CCCC3)cc2)c(=O)[nH]c1C. The molecule has 5 nitrogen and oxygen atoms in total. The fourth-order valence-corrected chi connectivity index (χ4v) is 3.89. The maximum atomic E-state index is 12.7. The van der Waals surface area contributed by atoms with E-state index in [9.17, 15) is 9.59 Å². The van der Waals surface area contributed by atoms with E-state index in [4.69, 9.17) is 0 Å². The van der Waals surface area contributed by atoms with Gasteiger partial charge in [-0.15, -0.1) is 0 Å². The average molecular weight is 382 g/mol. The van der Waals surface area contributed by atoms with E-state index in [0.717, 1.165) is 23.4 Å². The van der Waals surface area contributed by atoms with Crippen molar-refractivity contribution in [3.63, 3.8) is 0 Å². The lowest BCUT2D eigenvalue weighted by atomic mass is 10.0. The molecule has 0 unspecified atom stereocenters. The molecular formula is C23H31N3O2. The topological polar surface area (TPSA) is 56.4 Å². The third-order valence-electron chi connectivity index (χ3n) is 6.02. The first-order valence-electron chi connectivity index (χ1n) is 10.1. The van der Waals surface area contributed by atoms with Gasteiger partial charge >= 0.3 is 0 Å². The van der Waals surface area contributed by atoms with Gasteiger partial charge in [-0.3, -0.25) is 9.59 Å². The van der Waals surface area contributed by atoms with Crippen LogP contribution in [-0.4, -0.2) is 53.9 Å². The van der Waals surface area contributed by atoms with Crippen LogP contribution in [0.5, 0.6) is 0 Å². The number of aromatic amines is 1. The normalized spacial score (nSPS) is 14.6. The molecule has 0 radical (unpaired) electrons. The molecule has 1 aromatic heterocycles. The van der Waals surface area contributed by atoms with E-state index in [0.29, 0.717) is 23.7 Å². The van der Waals surface area contributed by atoms with Gasteiger partial charge in [0.05, 0.1) is 0 Å². The van der Waals surface area contributed by atoms with Crippen molar-refractivity contribution in [2.45, 2.75) is 45.6 Å². The summed E-state index contributed by atoms with van der Waals surface area (Å²) in [5.41, 5.74) is 3.92. The quantitative estimate of drug-likeness (QED) is 0.832. The summed E-state index contributed by atoms with van der Waals surface area (Å²) >= 11 is 0. The fraction of sp³-hybridized carbons (Fsp3) is 0.478. The number of likely N-dealkylation sites (N-methyl/N-ethyl adjacent to an activating group) is 2. The molecule has 0 saturated heterocycles. The molecule has 2 aromatic rings. The summed E-state index contributed by atoms with van der Waals surface area (Å²) in [7, 11) is 4.01. The molecule has 1 fully saturated rings. The van der Waals surface area contributed by atoms with E-state index >= 15 is 0 Å². The zero-order chi connectivity index (χ0) is 20.3. The van der Waals surface area contributed by atoms with Gasteiger partial charge in [0.2, 0.25) is 0 Å². The second-order valence-corrected chi connectivity index (χ2v) is 8.04. The Labute approximate surface area is 167 Å². The Morgan fingerprint density at radius 1 is 1.07 bits per heavy atom. The summed E-state index contributed by atoms with van der Waals surface area (Å²) in [6, 6.07) is 9.89. The van der Waals surface area contributed by atoms with E-state index in [1.807, 2.05) is 51.2 Å².